The Bertz CT molecular complexity index is 730. The van der Waals surface area contributed by atoms with Gasteiger partial charge in [-0.15, -0.1) is 0 Å². The Morgan fingerprint density at radius 1 is 1.45 bits per heavy atom. The lowest BCUT2D eigenvalue weighted by Crippen LogP contribution is -2.23. The van der Waals surface area contributed by atoms with Gasteiger partial charge >= 0.3 is 0 Å². The Morgan fingerprint density at radius 3 is 2.80 bits per heavy atom. The topological polar surface area (TPSA) is 118 Å². The monoisotopic (exact) mass is 316 g/mol. The summed E-state index contributed by atoms with van der Waals surface area (Å²) in [6.45, 7) is -0.0292. The fourth-order valence-electron chi connectivity index (χ4n) is 1.49. The average Bonchev–Trinajstić information content (AvgIpc) is 2.89. The van der Waals surface area contributed by atoms with Crippen LogP contribution in [0.2, 0.25) is 5.02 Å². The Morgan fingerprint density at radius 2 is 2.20 bits per heavy atom. The largest absolute Gasteiger partial charge is 0.290 e. The maximum atomic E-state index is 12.1. The molecule has 8 nitrogen and oxygen atoms in total. The van der Waals surface area contributed by atoms with E-state index in [-0.39, 0.29) is 11.6 Å². The van der Waals surface area contributed by atoms with Crippen molar-refractivity contribution in [1.82, 2.24) is 14.9 Å². The second-order valence-corrected chi connectivity index (χ2v) is 5.97. The normalized spacial score (nSPS) is 11.4. The predicted octanol–water partition coefficient (Wildman–Crippen LogP) is 1.45. The molecule has 0 saturated carbocycles. The standard InChI is InChI=1S/C10H9ClN4O4S/c11-8-1-2-10(9(3-8)15(16)17)20(18,19)14-6-7-4-12-13-5-7/h1-5,14H,6H2,(H,12,13). The van der Waals surface area contributed by atoms with Gasteiger partial charge in [-0.25, -0.2) is 13.1 Å². The Kier molecular flexibility index (Phi) is 4.02. The summed E-state index contributed by atoms with van der Waals surface area (Å²) in [5.41, 5.74) is 0.0300. The number of benzene rings is 1. The van der Waals surface area contributed by atoms with Gasteiger partial charge in [0.1, 0.15) is 0 Å². The molecule has 0 saturated heterocycles. The summed E-state index contributed by atoms with van der Waals surface area (Å²) in [6.07, 6.45) is 2.96. The summed E-state index contributed by atoms with van der Waals surface area (Å²) in [6, 6.07) is 3.37. The van der Waals surface area contributed by atoms with Crippen LogP contribution in [0.3, 0.4) is 0 Å². The number of hydrogen-bond donors (Lipinski definition) is 2. The molecule has 2 N–H and O–H groups in total. The number of halogens is 1. The van der Waals surface area contributed by atoms with Crippen LogP contribution in [-0.4, -0.2) is 23.5 Å². The summed E-state index contributed by atoms with van der Waals surface area (Å²) in [5, 5.41) is 17.2. The van der Waals surface area contributed by atoms with E-state index in [4.69, 9.17) is 11.6 Å². The van der Waals surface area contributed by atoms with Crippen molar-refractivity contribution in [3.63, 3.8) is 0 Å². The van der Waals surface area contributed by atoms with Gasteiger partial charge in [0.15, 0.2) is 4.90 Å². The summed E-state index contributed by atoms with van der Waals surface area (Å²) < 4.78 is 26.4. The van der Waals surface area contributed by atoms with Gasteiger partial charge in [-0.1, -0.05) is 11.6 Å². The molecule has 1 aromatic carbocycles. The minimum absolute atomic E-state index is 0.0292. The van der Waals surface area contributed by atoms with Gasteiger partial charge in [-0.3, -0.25) is 15.2 Å². The molecule has 0 atom stereocenters. The number of H-pyrrole nitrogens is 1. The molecule has 2 rings (SSSR count). The van der Waals surface area contributed by atoms with Crippen LogP contribution < -0.4 is 4.72 Å². The zero-order valence-corrected chi connectivity index (χ0v) is 11.5. The van der Waals surface area contributed by atoms with E-state index in [2.05, 4.69) is 14.9 Å². The SMILES string of the molecule is O=[N+]([O-])c1cc(Cl)ccc1S(=O)(=O)NCc1cn[nH]c1. The molecule has 0 aliphatic rings. The molecule has 0 aliphatic carbocycles. The number of aromatic nitrogens is 2. The first-order valence-corrected chi connectivity index (χ1v) is 7.17. The van der Waals surface area contributed by atoms with Crippen molar-refractivity contribution < 1.29 is 13.3 Å². The second-order valence-electron chi connectivity index (χ2n) is 3.80. The fourth-order valence-corrected chi connectivity index (χ4v) is 2.83. The maximum absolute atomic E-state index is 12.1. The van der Waals surface area contributed by atoms with Crippen molar-refractivity contribution >= 4 is 27.3 Å². The highest BCUT2D eigenvalue weighted by Crippen LogP contribution is 2.27. The quantitative estimate of drug-likeness (QED) is 0.639. The first kappa shape index (κ1) is 14.4. The van der Waals surface area contributed by atoms with Gasteiger partial charge in [-0.05, 0) is 12.1 Å². The summed E-state index contributed by atoms with van der Waals surface area (Å²) >= 11 is 5.64. The smallest absolute Gasteiger partial charge is 0.285 e. The molecule has 1 aromatic heterocycles. The number of nitro benzene ring substituents is 1. The highest BCUT2D eigenvalue weighted by molar-refractivity contribution is 7.89. The molecular formula is C10H9ClN4O4S. The Balaban J connectivity index is 2.31. The second kappa shape index (κ2) is 5.57. The molecule has 106 valence electrons. The zero-order valence-electron chi connectivity index (χ0n) is 9.91. The first-order valence-electron chi connectivity index (χ1n) is 5.31. The van der Waals surface area contributed by atoms with Crippen LogP contribution in [0, 0.1) is 10.1 Å². The van der Waals surface area contributed by atoms with E-state index in [1.54, 1.807) is 0 Å². The maximum Gasteiger partial charge on any atom is 0.290 e. The molecule has 0 radical (unpaired) electrons. The minimum Gasteiger partial charge on any atom is -0.285 e. The number of hydrogen-bond acceptors (Lipinski definition) is 5. The third-order valence-electron chi connectivity index (χ3n) is 2.43. The van der Waals surface area contributed by atoms with Crippen LogP contribution in [0.1, 0.15) is 5.56 Å². The van der Waals surface area contributed by atoms with Gasteiger partial charge in [0.2, 0.25) is 10.0 Å². The van der Waals surface area contributed by atoms with E-state index >= 15 is 0 Å². The number of nitrogens with one attached hydrogen (secondary N) is 2. The van der Waals surface area contributed by atoms with E-state index in [9.17, 15) is 18.5 Å². The Hall–Kier alpha value is -1.97. The van der Waals surface area contributed by atoms with E-state index < -0.39 is 25.5 Å². The molecule has 0 amide bonds. The van der Waals surface area contributed by atoms with Crippen LogP contribution in [-0.2, 0) is 16.6 Å². The molecule has 10 heteroatoms. The third-order valence-corrected chi connectivity index (χ3v) is 4.11. The van der Waals surface area contributed by atoms with Crippen molar-refractivity contribution in [2.75, 3.05) is 0 Å². The number of nitrogens with zero attached hydrogens (tertiary/aromatic N) is 2. The van der Waals surface area contributed by atoms with Crippen LogP contribution in [0.4, 0.5) is 5.69 Å². The lowest BCUT2D eigenvalue weighted by molar-refractivity contribution is -0.387. The minimum atomic E-state index is -4.02. The van der Waals surface area contributed by atoms with Gasteiger partial charge in [0.25, 0.3) is 5.69 Å². The average molecular weight is 317 g/mol. The zero-order chi connectivity index (χ0) is 14.8. The van der Waals surface area contributed by atoms with E-state index in [0.717, 1.165) is 12.1 Å². The van der Waals surface area contributed by atoms with E-state index in [1.165, 1.54) is 18.5 Å². The van der Waals surface area contributed by atoms with Crippen LogP contribution in [0.15, 0.2) is 35.5 Å². The molecule has 20 heavy (non-hydrogen) atoms. The fraction of sp³-hybridized carbons (Fsp3) is 0.100. The predicted molar refractivity (Wildman–Crippen MR) is 70.7 cm³/mol. The van der Waals surface area contributed by atoms with Crippen molar-refractivity contribution in [2.45, 2.75) is 11.4 Å². The first-order chi connectivity index (χ1) is 9.40. The summed E-state index contributed by atoms with van der Waals surface area (Å²) in [4.78, 5) is 9.67. The number of rotatable bonds is 5. The molecule has 2 aromatic rings. The molecule has 0 fully saturated rings. The molecule has 1 heterocycles. The van der Waals surface area contributed by atoms with Crippen LogP contribution in [0.25, 0.3) is 0 Å². The van der Waals surface area contributed by atoms with Crippen LogP contribution in [0.5, 0.6) is 0 Å². The number of aromatic amines is 1. The summed E-state index contributed by atoms with van der Waals surface area (Å²) in [7, 11) is -4.02. The van der Waals surface area contributed by atoms with Crippen molar-refractivity contribution in [2.24, 2.45) is 0 Å². The highest BCUT2D eigenvalue weighted by Gasteiger charge is 2.25. The molecule has 0 spiro atoms. The molecule has 0 unspecified atom stereocenters. The lowest BCUT2D eigenvalue weighted by Gasteiger charge is -2.06. The van der Waals surface area contributed by atoms with E-state index in [0.29, 0.717) is 5.56 Å². The van der Waals surface area contributed by atoms with Gasteiger partial charge in [-0.2, -0.15) is 5.10 Å². The highest BCUT2D eigenvalue weighted by atomic mass is 35.5. The van der Waals surface area contributed by atoms with Crippen molar-refractivity contribution in [3.8, 4) is 0 Å². The van der Waals surface area contributed by atoms with Crippen LogP contribution >= 0.6 is 11.6 Å². The van der Waals surface area contributed by atoms with Crippen molar-refractivity contribution in [3.05, 3.63) is 51.3 Å². The van der Waals surface area contributed by atoms with Gasteiger partial charge in [0.05, 0.1) is 11.1 Å². The molecule has 0 bridgehead atoms. The van der Waals surface area contributed by atoms with Gasteiger partial charge < -0.3 is 0 Å². The van der Waals surface area contributed by atoms with E-state index in [1.807, 2.05) is 0 Å². The molecule has 0 aliphatic heterocycles. The molecular weight excluding hydrogens is 308 g/mol. The number of sulfonamides is 1. The summed E-state index contributed by atoms with van der Waals surface area (Å²) in [5.74, 6) is 0. The Labute approximate surface area is 119 Å². The third kappa shape index (κ3) is 3.13. The lowest BCUT2D eigenvalue weighted by atomic mass is 10.3. The number of nitro groups is 1. The van der Waals surface area contributed by atoms with Gasteiger partial charge in [0, 0.05) is 29.4 Å². The van der Waals surface area contributed by atoms with Crippen molar-refractivity contribution in [1.29, 1.82) is 0 Å².